The van der Waals surface area contributed by atoms with E-state index in [1.807, 2.05) is 30.3 Å². The fourth-order valence-electron chi connectivity index (χ4n) is 3.21. The first-order valence-electron chi connectivity index (χ1n) is 8.87. The van der Waals surface area contributed by atoms with Crippen LogP contribution in [0.5, 0.6) is 0 Å². The third kappa shape index (κ3) is 4.17. The van der Waals surface area contributed by atoms with Gasteiger partial charge in [0.25, 0.3) is 0 Å². The highest BCUT2D eigenvalue weighted by Gasteiger charge is 2.19. The average Bonchev–Trinajstić information content (AvgIpc) is 2.68. The molecule has 3 aromatic rings. The topological polar surface area (TPSA) is 87.2 Å². The highest BCUT2D eigenvalue weighted by atomic mass is 32.2. The zero-order chi connectivity index (χ0) is 18.7. The number of pyridine rings is 2. The molecule has 7 nitrogen and oxygen atoms in total. The van der Waals surface area contributed by atoms with E-state index < -0.39 is 10.0 Å². The molecule has 4 rings (SSSR count). The number of hydrogen-bond acceptors (Lipinski definition) is 6. The van der Waals surface area contributed by atoms with Gasteiger partial charge in [0, 0.05) is 37.8 Å². The number of aromatic nitrogens is 2. The smallest absolute Gasteiger partial charge is 0.238 e. The van der Waals surface area contributed by atoms with Crippen LogP contribution in [0.1, 0.15) is 5.56 Å². The van der Waals surface area contributed by atoms with Gasteiger partial charge in [0.05, 0.1) is 5.75 Å². The molecular formula is C19H21N5O2S. The Labute approximate surface area is 158 Å². The molecule has 3 heterocycles. The second-order valence-electron chi connectivity index (χ2n) is 6.49. The summed E-state index contributed by atoms with van der Waals surface area (Å²) in [4.78, 5) is 11.2. The number of anilines is 2. The van der Waals surface area contributed by atoms with E-state index in [1.54, 1.807) is 24.4 Å². The first-order valence-corrected chi connectivity index (χ1v) is 10.5. The molecule has 0 saturated carbocycles. The van der Waals surface area contributed by atoms with Crippen LogP contribution in [-0.4, -0.2) is 44.6 Å². The second kappa shape index (κ2) is 7.50. The van der Waals surface area contributed by atoms with Crippen molar-refractivity contribution in [2.24, 2.45) is 0 Å². The summed E-state index contributed by atoms with van der Waals surface area (Å²) >= 11 is 0. The Morgan fingerprint density at radius 1 is 1.07 bits per heavy atom. The van der Waals surface area contributed by atoms with Gasteiger partial charge >= 0.3 is 0 Å². The van der Waals surface area contributed by atoms with Gasteiger partial charge in [-0.05, 0) is 17.7 Å². The number of rotatable bonds is 5. The molecule has 0 unspecified atom stereocenters. The van der Waals surface area contributed by atoms with E-state index in [2.05, 4.69) is 24.9 Å². The summed E-state index contributed by atoms with van der Waals surface area (Å²) in [5, 5.41) is 4.17. The SMILES string of the molecule is O=S(=O)(Cc1ccccc1)Nc1cc2cccnc2c(N2CCNCC2)n1. The molecule has 2 aromatic heterocycles. The lowest BCUT2D eigenvalue weighted by Gasteiger charge is -2.29. The molecule has 140 valence electrons. The summed E-state index contributed by atoms with van der Waals surface area (Å²) in [6.07, 6.45) is 1.73. The first-order chi connectivity index (χ1) is 13.1. The van der Waals surface area contributed by atoms with Gasteiger partial charge in [-0.2, -0.15) is 0 Å². The number of sulfonamides is 1. The van der Waals surface area contributed by atoms with Gasteiger partial charge in [-0.1, -0.05) is 36.4 Å². The molecule has 0 spiro atoms. The molecule has 1 aliphatic rings. The van der Waals surface area contributed by atoms with Crippen LogP contribution in [0, 0.1) is 0 Å². The Bertz CT molecular complexity index is 1030. The lowest BCUT2D eigenvalue weighted by atomic mass is 10.2. The highest BCUT2D eigenvalue weighted by molar-refractivity contribution is 7.91. The van der Waals surface area contributed by atoms with Crippen molar-refractivity contribution in [2.75, 3.05) is 35.8 Å². The van der Waals surface area contributed by atoms with Crippen molar-refractivity contribution in [1.29, 1.82) is 0 Å². The Balaban J connectivity index is 1.67. The minimum absolute atomic E-state index is 0.0937. The molecular weight excluding hydrogens is 362 g/mol. The summed E-state index contributed by atoms with van der Waals surface area (Å²) in [6, 6.07) is 14.6. The van der Waals surface area contributed by atoms with Crippen molar-refractivity contribution in [2.45, 2.75) is 5.75 Å². The molecule has 2 N–H and O–H groups in total. The maximum atomic E-state index is 12.6. The van der Waals surface area contributed by atoms with Crippen LogP contribution in [0.25, 0.3) is 10.9 Å². The van der Waals surface area contributed by atoms with Gasteiger partial charge in [0.2, 0.25) is 10.0 Å². The Morgan fingerprint density at radius 2 is 1.85 bits per heavy atom. The van der Waals surface area contributed by atoms with Crippen LogP contribution < -0.4 is 14.9 Å². The molecule has 1 saturated heterocycles. The normalized spacial score (nSPS) is 15.0. The van der Waals surface area contributed by atoms with Crippen LogP contribution in [0.3, 0.4) is 0 Å². The van der Waals surface area contributed by atoms with Crippen LogP contribution in [0.4, 0.5) is 11.6 Å². The highest BCUT2D eigenvalue weighted by Crippen LogP contribution is 2.27. The molecule has 0 radical (unpaired) electrons. The maximum absolute atomic E-state index is 12.6. The number of hydrogen-bond donors (Lipinski definition) is 2. The second-order valence-corrected chi connectivity index (χ2v) is 8.21. The third-order valence-electron chi connectivity index (χ3n) is 4.45. The minimum atomic E-state index is -3.57. The van der Waals surface area contributed by atoms with E-state index in [0.29, 0.717) is 11.6 Å². The first kappa shape index (κ1) is 17.7. The fourth-order valence-corrected chi connectivity index (χ4v) is 4.33. The molecule has 0 aliphatic carbocycles. The van der Waals surface area contributed by atoms with E-state index in [1.165, 1.54) is 0 Å². The van der Waals surface area contributed by atoms with Crippen molar-refractivity contribution in [3.05, 3.63) is 60.3 Å². The number of benzene rings is 1. The average molecular weight is 383 g/mol. The quantitative estimate of drug-likeness (QED) is 0.701. The largest absolute Gasteiger partial charge is 0.352 e. The zero-order valence-electron chi connectivity index (χ0n) is 14.8. The monoisotopic (exact) mass is 383 g/mol. The molecule has 0 amide bonds. The molecule has 0 atom stereocenters. The molecule has 27 heavy (non-hydrogen) atoms. The van der Waals surface area contributed by atoms with Crippen LogP contribution in [0.15, 0.2) is 54.7 Å². The predicted octanol–water partition coefficient (Wildman–Crippen LogP) is 1.98. The summed E-state index contributed by atoms with van der Waals surface area (Å²) in [5.41, 5.74) is 1.51. The third-order valence-corrected chi connectivity index (χ3v) is 5.68. The summed E-state index contributed by atoms with van der Waals surface area (Å²) in [6.45, 7) is 3.33. The van der Waals surface area contributed by atoms with Gasteiger partial charge in [0.15, 0.2) is 5.82 Å². The van der Waals surface area contributed by atoms with Gasteiger partial charge in [0.1, 0.15) is 11.3 Å². The van der Waals surface area contributed by atoms with Gasteiger partial charge in [-0.25, -0.2) is 13.4 Å². The molecule has 1 fully saturated rings. The summed E-state index contributed by atoms with van der Waals surface area (Å²) in [5.74, 6) is 0.941. The fraction of sp³-hybridized carbons (Fsp3) is 0.263. The van der Waals surface area contributed by atoms with Crippen molar-refractivity contribution in [3.63, 3.8) is 0 Å². The van der Waals surface area contributed by atoms with Crippen molar-refractivity contribution < 1.29 is 8.42 Å². The zero-order valence-corrected chi connectivity index (χ0v) is 15.6. The van der Waals surface area contributed by atoms with Gasteiger partial charge in [-0.15, -0.1) is 0 Å². The predicted molar refractivity (Wildman–Crippen MR) is 107 cm³/mol. The molecule has 8 heteroatoms. The van der Waals surface area contributed by atoms with Crippen LogP contribution in [-0.2, 0) is 15.8 Å². The van der Waals surface area contributed by atoms with Crippen molar-refractivity contribution >= 4 is 32.6 Å². The van der Waals surface area contributed by atoms with Crippen LogP contribution in [0.2, 0.25) is 0 Å². The number of nitrogens with zero attached hydrogens (tertiary/aromatic N) is 3. The lowest BCUT2D eigenvalue weighted by molar-refractivity contribution is 0.586. The summed E-state index contributed by atoms with van der Waals surface area (Å²) < 4.78 is 27.8. The van der Waals surface area contributed by atoms with Crippen molar-refractivity contribution in [1.82, 2.24) is 15.3 Å². The Morgan fingerprint density at radius 3 is 2.63 bits per heavy atom. The molecule has 1 aliphatic heterocycles. The van der Waals surface area contributed by atoms with Crippen molar-refractivity contribution in [3.8, 4) is 0 Å². The van der Waals surface area contributed by atoms with E-state index in [-0.39, 0.29) is 5.75 Å². The Kier molecular flexibility index (Phi) is 4.91. The van der Waals surface area contributed by atoms with E-state index in [0.717, 1.165) is 42.6 Å². The van der Waals surface area contributed by atoms with Crippen LogP contribution >= 0.6 is 0 Å². The minimum Gasteiger partial charge on any atom is -0.352 e. The van der Waals surface area contributed by atoms with Gasteiger partial charge < -0.3 is 10.2 Å². The van der Waals surface area contributed by atoms with E-state index in [9.17, 15) is 8.42 Å². The van der Waals surface area contributed by atoms with E-state index in [4.69, 9.17) is 0 Å². The molecule has 0 bridgehead atoms. The standard InChI is InChI=1S/C19H21N5O2S/c25-27(26,14-15-5-2-1-3-6-15)23-17-13-16-7-4-8-21-18(16)19(22-17)24-11-9-20-10-12-24/h1-8,13,20H,9-12,14H2,(H,22,23). The molecule has 1 aromatic carbocycles. The van der Waals surface area contributed by atoms with E-state index >= 15 is 0 Å². The number of piperazine rings is 1. The summed E-state index contributed by atoms with van der Waals surface area (Å²) in [7, 11) is -3.57. The number of fused-ring (bicyclic) bond motifs is 1. The number of nitrogens with one attached hydrogen (secondary N) is 2. The maximum Gasteiger partial charge on any atom is 0.238 e. The Hall–Kier alpha value is -2.71. The lowest BCUT2D eigenvalue weighted by Crippen LogP contribution is -2.44. The van der Waals surface area contributed by atoms with Gasteiger partial charge in [-0.3, -0.25) is 9.71 Å².